The van der Waals surface area contributed by atoms with Crippen molar-refractivity contribution < 1.29 is 9.18 Å². The number of hydrogen-bond acceptors (Lipinski definition) is 6. The standard InChI is InChI=1S/C25H26FN7O/c1-15(2)22-28-12-16(13-29-22)24(34)30-21-18(20-17-6-4-5-7-19(17)31-32-20)8-10-27-23(21)33-11-9-25(3,26)14-33/h4-8,10,12-13,15H,9,11,14H2,1-3H3,(H,30,34)(H,31,32). The van der Waals surface area contributed by atoms with Gasteiger partial charge in [0, 0.05) is 48.4 Å². The predicted octanol–water partition coefficient (Wildman–Crippen LogP) is 4.73. The van der Waals surface area contributed by atoms with Crippen LogP contribution >= 0.6 is 0 Å². The summed E-state index contributed by atoms with van der Waals surface area (Å²) in [5, 5.41) is 11.5. The summed E-state index contributed by atoms with van der Waals surface area (Å²) in [6, 6.07) is 9.58. The number of anilines is 2. The quantitative estimate of drug-likeness (QED) is 0.448. The number of hydrogen-bond donors (Lipinski definition) is 2. The number of halogens is 1. The number of aromatic nitrogens is 5. The van der Waals surface area contributed by atoms with Crippen molar-refractivity contribution in [3.8, 4) is 11.3 Å². The summed E-state index contributed by atoms with van der Waals surface area (Å²) >= 11 is 0. The molecule has 8 nitrogen and oxygen atoms in total. The minimum atomic E-state index is -1.32. The van der Waals surface area contributed by atoms with Gasteiger partial charge in [-0.15, -0.1) is 0 Å². The first kappa shape index (κ1) is 21.9. The first-order valence-corrected chi connectivity index (χ1v) is 11.3. The van der Waals surface area contributed by atoms with Crippen LogP contribution in [0.1, 0.15) is 49.3 Å². The molecular formula is C25H26FN7O. The smallest absolute Gasteiger partial charge is 0.258 e. The van der Waals surface area contributed by atoms with Gasteiger partial charge in [0.05, 0.1) is 23.3 Å². The van der Waals surface area contributed by atoms with Crippen molar-refractivity contribution in [2.45, 2.75) is 38.8 Å². The van der Waals surface area contributed by atoms with E-state index in [0.29, 0.717) is 47.1 Å². The molecule has 5 rings (SSSR count). The number of fused-ring (bicyclic) bond motifs is 1. The van der Waals surface area contributed by atoms with Gasteiger partial charge in [-0.3, -0.25) is 9.89 Å². The molecule has 2 N–H and O–H groups in total. The molecule has 1 atom stereocenters. The van der Waals surface area contributed by atoms with E-state index in [1.165, 1.54) is 12.4 Å². The molecule has 4 heterocycles. The van der Waals surface area contributed by atoms with Gasteiger partial charge in [0.15, 0.2) is 5.82 Å². The van der Waals surface area contributed by atoms with Gasteiger partial charge >= 0.3 is 0 Å². The molecule has 1 saturated heterocycles. The van der Waals surface area contributed by atoms with Crippen LogP contribution in [0.5, 0.6) is 0 Å². The lowest BCUT2D eigenvalue weighted by molar-refractivity contribution is 0.102. The molecule has 34 heavy (non-hydrogen) atoms. The van der Waals surface area contributed by atoms with E-state index >= 15 is 0 Å². The topological polar surface area (TPSA) is 99.7 Å². The number of alkyl halides is 1. The van der Waals surface area contributed by atoms with Crippen molar-refractivity contribution in [3.63, 3.8) is 0 Å². The third-order valence-electron chi connectivity index (χ3n) is 6.07. The largest absolute Gasteiger partial charge is 0.352 e. The summed E-state index contributed by atoms with van der Waals surface area (Å²) in [6.45, 7) is 6.27. The molecule has 1 unspecified atom stereocenters. The third kappa shape index (κ3) is 4.09. The molecular weight excluding hydrogens is 433 g/mol. The lowest BCUT2D eigenvalue weighted by atomic mass is 10.1. The zero-order valence-electron chi connectivity index (χ0n) is 19.3. The van der Waals surface area contributed by atoms with E-state index in [2.05, 4.69) is 30.5 Å². The number of carbonyl (C=O) groups excluding carboxylic acids is 1. The van der Waals surface area contributed by atoms with E-state index in [4.69, 9.17) is 0 Å². The van der Waals surface area contributed by atoms with E-state index in [-0.39, 0.29) is 18.4 Å². The number of amides is 1. The van der Waals surface area contributed by atoms with Crippen LogP contribution in [-0.4, -0.2) is 49.8 Å². The fourth-order valence-electron chi connectivity index (χ4n) is 4.22. The van der Waals surface area contributed by atoms with Crippen LogP contribution in [0, 0.1) is 0 Å². The number of nitrogens with zero attached hydrogens (tertiary/aromatic N) is 5. The van der Waals surface area contributed by atoms with Crippen molar-refractivity contribution in [3.05, 3.63) is 60.3 Å². The lowest BCUT2D eigenvalue weighted by Gasteiger charge is -2.23. The zero-order valence-corrected chi connectivity index (χ0v) is 19.3. The Balaban J connectivity index is 1.59. The zero-order chi connectivity index (χ0) is 23.9. The van der Waals surface area contributed by atoms with Crippen LogP contribution < -0.4 is 10.2 Å². The molecule has 174 valence electrons. The molecule has 9 heteroatoms. The first-order valence-electron chi connectivity index (χ1n) is 11.3. The van der Waals surface area contributed by atoms with Crippen LogP contribution in [0.2, 0.25) is 0 Å². The fraction of sp³-hybridized carbons (Fsp3) is 0.320. The van der Waals surface area contributed by atoms with Gasteiger partial charge in [-0.25, -0.2) is 19.3 Å². The number of benzene rings is 1. The number of aromatic amines is 1. The van der Waals surface area contributed by atoms with E-state index in [1.54, 1.807) is 13.1 Å². The Hall–Kier alpha value is -3.88. The number of pyridine rings is 1. The van der Waals surface area contributed by atoms with Crippen molar-refractivity contribution in [2.75, 3.05) is 23.3 Å². The number of H-pyrrole nitrogens is 1. The van der Waals surface area contributed by atoms with Crippen LogP contribution in [0.3, 0.4) is 0 Å². The molecule has 1 aromatic carbocycles. The summed E-state index contributed by atoms with van der Waals surface area (Å²) in [5.41, 5.74) is 1.75. The maximum absolute atomic E-state index is 14.7. The maximum Gasteiger partial charge on any atom is 0.258 e. The Morgan fingerprint density at radius 1 is 1.18 bits per heavy atom. The Kier molecular flexibility index (Phi) is 5.47. The predicted molar refractivity (Wildman–Crippen MR) is 130 cm³/mol. The monoisotopic (exact) mass is 459 g/mol. The second-order valence-electron chi connectivity index (χ2n) is 9.20. The van der Waals surface area contributed by atoms with E-state index in [9.17, 15) is 9.18 Å². The van der Waals surface area contributed by atoms with Crippen molar-refractivity contribution >= 4 is 28.3 Å². The van der Waals surface area contributed by atoms with Crippen LogP contribution in [0.25, 0.3) is 22.2 Å². The van der Waals surface area contributed by atoms with Gasteiger partial charge in [0.25, 0.3) is 5.91 Å². The fourth-order valence-corrected chi connectivity index (χ4v) is 4.22. The lowest BCUT2D eigenvalue weighted by Crippen LogP contribution is -2.28. The third-order valence-corrected chi connectivity index (χ3v) is 6.07. The Labute approximate surface area is 196 Å². The minimum Gasteiger partial charge on any atom is -0.352 e. The summed E-state index contributed by atoms with van der Waals surface area (Å²) in [7, 11) is 0. The van der Waals surface area contributed by atoms with Gasteiger partial charge in [-0.1, -0.05) is 32.0 Å². The van der Waals surface area contributed by atoms with Crippen LogP contribution in [0.4, 0.5) is 15.9 Å². The molecule has 0 bridgehead atoms. The Morgan fingerprint density at radius 3 is 2.65 bits per heavy atom. The molecule has 0 spiro atoms. The second-order valence-corrected chi connectivity index (χ2v) is 9.20. The molecule has 1 aliphatic rings. The SMILES string of the molecule is CC(C)c1ncc(C(=O)Nc2c(-c3n[nH]c4ccccc34)ccnc2N2CCC(C)(F)C2)cn1. The molecule has 1 amide bonds. The van der Waals surface area contributed by atoms with E-state index < -0.39 is 5.67 Å². The molecule has 4 aromatic rings. The molecule has 1 fully saturated rings. The van der Waals surface area contributed by atoms with Gasteiger partial charge < -0.3 is 10.2 Å². The first-order chi connectivity index (χ1) is 16.3. The highest BCUT2D eigenvalue weighted by atomic mass is 19.1. The van der Waals surface area contributed by atoms with Crippen LogP contribution in [0.15, 0.2) is 48.9 Å². The highest BCUT2D eigenvalue weighted by molar-refractivity contribution is 6.09. The van der Waals surface area contributed by atoms with E-state index in [0.717, 1.165) is 10.9 Å². The minimum absolute atomic E-state index is 0.159. The van der Waals surface area contributed by atoms with Crippen LogP contribution in [-0.2, 0) is 0 Å². The van der Waals surface area contributed by atoms with Gasteiger partial charge in [0.1, 0.15) is 17.2 Å². The van der Waals surface area contributed by atoms with E-state index in [1.807, 2.05) is 49.1 Å². The summed E-state index contributed by atoms with van der Waals surface area (Å²) in [5.74, 6) is 0.972. The Bertz CT molecular complexity index is 1350. The van der Waals surface area contributed by atoms with Gasteiger partial charge in [-0.2, -0.15) is 5.10 Å². The second kappa shape index (κ2) is 8.48. The molecule has 0 saturated carbocycles. The van der Waals surface area contributed by atoms with Crippen molar-refractivity contribution in [1.82, 2.24) is 25.1 Å². The average molecular weight is 460 g/mol. The van der Waals surface area contributed by atoms with Crippen molar-refractivity contribution in [2.24, 2.45) is 0 Å². The number of nitrogens with one attached hydrogen (secondary N) is 2. The van der Waals surface area contributed by atoms with Gasteiger partial charge in [-0.05, 0) is 19.1 Å². The highest BCUT2D eigenvalue weighted by Crippen LogP contribution is 2.39. The normalized spacial score (nSPS) is 18.1. The maximum atomic E-state index is 14.7. The summed E-state index contributed by atoms with van der Waals surface area (Å²) in [4.78, 5) is 28.3. The molecule has 0 radical (unpaired) electrons. The number of rotatable bonds is 5. The summed E-state index contributed by atoms with van der Waals surface area (Å²) < 4.78 is 14.7. The van der Waals surface area contributed by atoms with Gasteiger partial charge in [0.2, 0.25) is 0 Å². The number of carbonyl (C=O) groups is 1. The molecule has 3 aromatic heterocycles. The highest BCUT2D eigenvalue weighted by Gasteiger charge is 2.36. The average Bonchev–Trinajstić information content (AvgIpc) is 3.42. The number of para-hydroxylation sites is 1. The van der Waals surface area contributed by atoms with Crippen molar-refractivity contribution in [1.29, 1.82) is 0 Å². The molecule has 0 aliphatic carbocycles. The summed E-state index contributed by atoms with van der Waals surface area (Å²) in [6.07, 6.45) is 5.10. The Morgan fingerprint density at radius 2 is 1.94 bits per heavy atom. The molecule has 1 aliphatic heterocycles.